The minimum Gasteiger partial charge on any atom is -0.464 e. The highest BCUT2D eigenvalue weighted by atomic mass is 16.6. The van der Waals surface area contributed by atoms with Crippen molar-refractivity contribution in [2.45, 2.75) is 57.2 Å². The Morgan fingerprint density at radius 1 is 0.966 bits per heavy atom. The zero-order chi connectivity index (χ0) is 21.1. The van der Waals surface area contributed by atoms with Crippen LogP contribution in [0.25, 0.3) is 0 Å². The Morgan fingerprint density at radius 2 is 1.52 bits per heavy atom. The fraction of sp³-hybridized carbons (Fsp3) is 0.417. The Hall–Kier alpha value is -2.66. The third-order valence-corrected chi connectivity index (χ3v) is 5.12. The van der Waals surface area contributed by atoms with Gasteiger partial charge in [-0.1, -0.05) is 60.7 Å². The topological polar surface area (TPSA) is 64.6 Å². The maximum absolute atomic E-state index is 13.5. The highest BCUT2D eigenvalue weighted by Gasteiger charge is 2.61. The number of carbonyl (C=O) groups is 2. The van der Waals surface area contributed by atoms with Gasteiger partial charge in [-0.25, -0.2) is 9.59 Å². The van der Waals surface area contributed by atoms with Crippen molar-refractivity contribution >= 4 is 11.9 Å². The van der Waals surface area contributed by atoms with Crippen molar-refractivity contribution in [1.82, 2.24) is 5.32 Å². The molecule has 29 heavy (non-hydrogen) atoms. The summed E-state index contributed by atoms with van der Waals surface area (Å²) in [6, 6.07) is 19.3. The summed E-state index contributed by atoms with van der Waals surface area (Å²) in [7, 11) is 0. The zero-order valence-corrected chi connectivity index (χ0v) is 17.5. The maximum Gasteiger partial charge on any atom is 0.339 e. The van der Waals surface area contributed by atoms with E-state index < -0.39 is 29.0 Å². The molecular weight excluding hydrogens is 366 g/mol. The molecule has 3 atom stereocenters. The molecule has 0 aromatic heterocycles. The smallest absolute Gasteiger partial charge is 0.339 e. The number of benzene rings is 2. The lowest BCUT2D eigenvalue weighted by Gasteiger charge is -2.34. The van der Waals surface area contributed by atoms with Gasteiger partial charge in [0.05, 0.1) is 6.61 Å². The van der Waals surface area contributed by atoms with Gasteiger partial charge in [0.1, 0.15) is 5.60 Å². The van der Waals surface area contributed by atoms with E-state index in [1.165, 1.54) is 0 Å². The summed E-state index contributed by atoms with van der Waals surface area (Å²) in [5.74, 6) is -1.61. The number of hydrogen-bond donors (Lipinski definition) is 1. The van der Waals surface area contributed by atoms with E-state index in [1.807, 2.05) is 60.7 Å². The quantitative estimate of drug-likeness (QED) is 0.609. The number of carbonyl (C=O) groups excluding carboxylic acids is 2. The molecule has 1 heterocycles. The van der Waals surface area contributed by atoms with E-state index in [-0.39, 0.29) is 12.6 Å². The molecule has 1 fully saturated rings. The van der Waals surface area contributed by atoms with E-state index in [1.54, 1.807) is 27.7 Å². The SMILES string of the molecule is CCOC(=O)C1(C(=O)OC(C)(C)C)N[C@@H](c2ccccc2)C[C@H]1c1ccccc1. The average Bonchev–Trinajstić information content (AvgIpc) is 3.10. The van der Waals surface area contributed by atoms with Crippen molar-refractivity contribution in [3.05, 3.63) is 71.8 Å². The third kappa shape index (κ3) is 4.35. The van der Waals surface area contributed by atoms with Gasteiger partial charge in [0, 0.05) is 12.0 Å². The van der Waals surface area contributed by atoms with Gasteiger partial charge in [-0.2, -0.15) is 0 Å². The molecule has 2 aromatic rings. The normalized spacial score (nSPS) is 24.1. The van der Waals surface area contributed by atoms with Crippen LogP contribution in [0.15, 0.2) is 60.7 Å². The molecule has 0 saturated carbocycles. The fourth-order valence-corrected chi connectivity index (χ4v) is 3.91. The molecule has 1 aliphatic heterocycles. The van der Waals surface area contributed by atoms with Gasteiger partial charge in [0.2, 0.25) is 5.54 Å². The first kappa shape index (κ1) is 21.1. The molecule has 154 valence electrons. The monoisotopic (exact) mass is 395 g/mol. The fourth-order valence-electron chi connectivity index (χ4n) is 3.91. The minimum atomic E-state index is -1.61. The molecule has 2 aromatic carbocycles. The summed E-state index contributed by atoms with van der Waals surface area (Å²) in [5.41, 5.74) is -0.421. The van der Waals surface area contributed by atoms with Crippen LogP contribution >= 0.6 is 0 Å². The largest absolute Gasteiger partial charge is 0.464 e. The number of rotatable bonds is 5. The van der Waals surface area contributed by atoms with Gasteiger partial charge in [-0.05, 0) is 45.2 Å². The molecule has 1 aliphatic rings. The number of nitrogens with one attached hydrogen (secondary N) is 1. The Bertz CT molecular complexity index is 844. The van der Waals surface area contributed by atoms with E-state index in [0.717, 1.165) is 11.1 Å². The van der Waals surface area contributed by atoms with E-state index in [9.17, 15) is 9.59 Å². The summed E-state index contributed by atoms with van der Waals surface area (Å²) >= 11 is 0. The second-order valence-electron chi connectivity index (χ2n) is 8.34. The van der Waals surface area contributed by atoms with Crippen molar-refractivity contribution in [1.29, 1.82) is 0 Å². The van der Waals surface area contributed by atoms with Crippen LogP contribution in [0.4, 0.5) is 0 Å². The molecule has 1 saturated heterocycles. The summed E-state index contributed by atoms with van der Waals surface area (Å²) < 4.78 is 11.1. The van der Waals surface area contributed by atoms with Crippen LogP contribution in [-0.2, 0) is 19.1 Å². The van der Waals surface area contributed by atoms with Crippen LogP contribution in [0, 0.1) is 0 Å². The lowest BCUT2D eigenvalue weighted by Crippen LogP contribution is -2.60. The van der Waals surface area contributed by atoms with Crippen molar-refractivity contribution in [2.24, 2.45) is 0 Å². The summed E-state index contributed by atoms with van der Waals surface area (Å²) in [6.45, 7) is 7.31. The lowest BCUT2D eigenvalue weighted by atomic mass is 9.79. The molecular formula is C24H29NO4. The van der Waals surface area contributed by atoms with E-state index in [4.69, 9.17) is 9.47 Å². The van der Waals surface area contributed by atoms with Crippen molar-refractivity contribution < 1.29 is 19.1 Å². The molecule has 5 heteroatoms. The van der Waals surface area contributed by atoms with Crippen molar-refractivity contribution in [3.8, 4) is 0 Å². The number of hydrogen-bond acceptors (Lipinski definition) is 5. The van der Waals surface area contributed by atoms with Gasteiger partial charge in [-0.15, -0.1) is 0 Å². The van der Waals surface area contributed by atoms with E-state index in [2.05, 4.69) is 5.32 Å². The van der Waals surface area contributed by atoms with Gasteiger partial charge < -0.3 is 9.47 Å². The van der Waals surface area contributed by atoms with Gasteiger partial charge in [-0.3, -0.25) is 5.32 Å². The third-order valence-electron chi connectivity index (χ3n) is 5.12. The van der Waals surface area contributed by atoms with Crippen LogP contribution in [-0.4, -0.2) is 29.7 Å². The molecule has 0 aliphatic carbocycles. The number of ether oxygens (including phenoxy) is 2. The molecule has 0 spiro atoms. The second kappa shape index (κ2) is 8.37. The van der Waals surface area contributed by atoms with Gasteiger partial charge >= 0.3 is 11.9 Å². The molecule has 0 bridgehead atoms. The molecule has 3 rings (SSSR count). The first-order valence-electron chi connectivity index (χ1n) is 10.1. The van der Waals surface area contributed by atoms with Crippen molar-refractivity contribution in [2.75, 3.05) is 6.61 Å². The maximum atomic E-state index is 13.5. The average molecular weight is 395 g/mol. The predicted molar refractivity (Wildman–Crippen MR) is 111 cm³/mol. The summed E-state index contributed by atoms with van der Waals surface area (Å²) in [5, 5.41) is 3.33. The van der Waals surface area contributed by atoms with Crippen LogP contribution in [0.5, 0.6) is 0 Å². The minimum absolute atomic E-state index is 0.182. The molecule has 5 nitrogen and oxygen atoms in total. The predicted octanol–water partition coefficient (Wildman–Crippen LogP) is 4.15. The second-order valence-corrected chi connectivity index (χ2v) is 8.34. The van der Waals surface area contributed by atoms with Crippen LogP contribution in [0.1, 0.15) is 57.2 Å². The summed E-state index contributed by atoms with van der Waals surface area (Å²) in [4.78, 5) is 26.7. The van der Waals surface area contributed by atoms with Crippen LogP contribution < -0.4 is 5.32 Å². The molecule has 0 amide bonds. The Labute approximate surface area is 172 Å². The van der Waals surface area contributed by atoms with Crippen molar-refractivity contribution in [3.63, 3.8) is 0 Å². The highest BCUT2D eigenvalue weighted by molar-refractivity contribution is 6.07. The zero-order valence-electron chi connectivity index (χ0n) is 17.5. The highest BCUT2D eigenvalue weighted by Crippen LogP contribution is 2.46. The molecule has 0 radical (unpaired) electrons. The Morgan fingerprint density at radius 3 is 2.03 bits per heavy atom. The Kier molecular flexibility index (Phi) is 6.08. The summed E-state index contributed by atoms with van der Waals surface area (Å²) in [6.07, 6.45) is 0.575. The first-order chi connectivity index (χ1) is 13.8. The van der Waals surface area contributed by atoms with Gasteiger partial charge in [0.25, 0.3) is 0 Å². The van der Waals surface area contributed by atoms with Gasteiger partial charge in [0.15, 0.2) is 0 Å². The van der Waals surface area contributed by atoms with E-state index >= 15 is 0 Å². The van der Waals surface area contributed by atoms with Crippen LogP contribution in [0.3, 0.4) is 0 Å². The standard InChI is InChI=1S/C24H29NO4/c1-5-28-21(26)24(22(27)29-23(2,3)4)19(17-12-8-6-9-13-17)16-20(25-24)18-14-10-7-11-15-18/h6-15,19-20,25H,5,16H2,1-4H3/t19-,20+,24?/m0/s1. The lowest BCUT2D eigenvalue weighted by molar-refractivity contribution is -0.173. The van der Waals surface area contributed by atoms with E-state index in [0.29, 0.717) is 6.42 Å². The molecule has 1 N–H and O–H groups in total. The number of esters is 2. The van der Waals surface area contributed by atoms with Crippen LogP contribution in [0.2, 0.25) is 0 Å². The molecule has 1 unspecified atom stereocenters. The Balaban J connectivity index is 2.11. The first-order valence-corrected chi connectivity index (χ1v) is 10.1.